The summed E-state index contributed by atoms with van der Waals surface area (Å²) < 4.78 is 0. The number of carboxylic acids is 1. The predicted molar refractivity (Wildman–Crippen MR) is 75.8 cm³/mol. The summed E-state index contributed by atoms with van der Waals surface area (Å²) in [6, 6.07) is 3.79. The molecule has 4 heteroatoms. The van der Waals surface area contributed by atoms with Gasteiger partial charge in [-0.1, -0.05) is 13.8 Å². The average molecular weight is 262 g/mol. The van der Waals surface area contributed by atoms with Gasteiger partial charge in [0.1, 0.15) is 5.82 Å². The van der Waals surface area contributed by atoms with Gasteiger partial charge in [-0.3, -0.25) is 0 Å². The summed E-state index contributed by atoms with van der Waals surface area (Å²) in [6.45, 7) is 7.41. The summed E-state index contributed by atoms with van der Waals surface area (Å²) in [5.41, 5.74) is 1.19. The van der Waals surface area contributed by atoms with Gasteiger partial charge in [0.15, 0.2) is 0 Å². The van der Waals surface area contributed by atoms with Crippen molar-refractivity contribution in [3.63, 3.8) is 0 Å². The van der Waals surface area contributed by atoms with Crippen LogP contribution in [0.1, 0.15) is 49.7 Å². The molecule has 2 atom stereocenters. The first kappa shape index (κ1) is 13.8. The van der Waals surface area contributed by atoms with Crippen LogP contribution in [0.5, 0.6) is 0 Å². The first-order chi connectivity index (χ1) is 9.02. The number of rotatable bonds is 3. The molecule has 104 valence electrons. The minimum atomic E-state index is -0.879. The zero-order valence-corrected chi connectivity index (χ0v) is 11.9. The number of piperidine rings is 1. The molecule has 1 saturated heterocycles. The SMILES string of the molecule is CCc1cc(C(=O)O)cc(N2CCCC(C)C2C)n1. The molecule has 1 aromatic rings. The van der Waals surface area contributed by atoms with Gasteiger partial charge in [-0.15, -0.1) is 0 Å². The van der Waals surface area contributed by atoms with E-state index >= 15 is 0 Å². The van der Waals surface area contributed by atoms with Crippen molar-refractivity contribution >= 4 is 11.8 Å². The third-order valence-corrected chi connectivity index (χ3v) is 4.14. The maximum absolute atomic E-state index is 11.2. The lowest BCUT2D eigenvalue weighted by Crippen LogP contribution is -2.43. The van der Waals surface area contributed by atoms with Crippen molar-refractivity contribution in [1.29, 1.82) is 0 Å². The number of nitrogens with zero attached hydrogens (tertiary/aromatic N) is 2. The van der Waals surface area contributed by atoms with Gasteiger partial charge in [-0.2, -0.15) is 0 Å². The number of hydrogen-bond acceptors (Lipinski definition) is 3. The molecule has 1 fully saturated rings. The highest BCUT2D eigenvalue weighted by Crippen LogP contribution is 2.28. The van der Waals surface area contributed by atoms with Gasteiger partial charge in [-0.05, 0) is 44.2 Å². The second-order valence-corrected chi connectivity index (χ2v) is 5.42. The second kappa shape index (κ2) is 5.59. The molecule has 0 bridgehead atoms. The number of carboxylic acid groups (broad SMARTS) is 1. The maximum Gasteiger partial charge on any atom is 0.335 e. The first-order valence-electron chi connectivity index (χ1n) is 7.03. The molecule has 2 unspecified atom stereocenters. The summed E-state index contributed by atoms with van der Waals surface area (Å²) in [7, 11) is 0. The van der Waals surface area contributed by atoms with Crippen molar-refractivity contribution in [2.75, 3.05) is 11.4 Å². The van der Waals surface area contributed by atoms with Crippen LogP contribution < -0.4 is 4.90 Å². The van der Waals surface area contributed by atoms with E-state index in [-0.39, 0.29) is 0 Å². The Bertz CT molecular complexity index is 473. The number of pyridine rings is 1. The molecule has 0 spiro atoms. The fourth-order valence-electron chi connectivity index (χ4n) is 2.68. The number of carbonyl (C=O) groups is 1. The predicted octanol–water partition coefficient (Wildman–Crippen LogP) is 2.97. The number of aryl methyl sites for hydroxylation is 1. The average Bonchev–Trinajstić information content (AvgIpc) is 2.41. The van der Waals surface area contributed by atoms with Gasteiger partial charge in [0.05, 0.1) is 5.56 Å². The van der Waals surface area contributed by atoms with E-state index in [1.807, 2.05) is 6.92 Å². The molecule has 1 aromatic heterocycles. The maximum atomic E-state index is 11.2. The van der Waals surface area contributed by atoms with E-state index in [4.69, 9.17) is 0 Å². The fourth-order valence-corrected chi connectivity index (χ4v) is 2.68. The molecular formula is C15H22N2O2. The Morgan fingerprint density at radius 1 is 1.47 bits per heavy atom. The van der Waals surface area contributed by atoms with Gasteiger partial charge in [0, 0.05) is 18.3 Å². The zero-order valence-electron chi connectivity index (χ0n) is 11.9. The standard InChI is InChI=1S/C15H22N2O2/c1-4-13-8-12(15(18)19)9-14(16-13)17-7-5-6-10(2)11(17)3/h8-11H,4-7H2,1-3H3,(H,18,19). The molecule has 1 aliphatic rings. The number of aromatic carboxylic acids is 1. The van der Waals surface area contributed by atoms with Crippen LogP contribution in [0.15, 0.2) is 12.1 Å². The van der Waals surface area contributed by atoms with Crippen molar-refractivity contribution < 1.29 is 9.90 Å². The van der Waals surface area contributed by atoms with Crippen molar-refractivity contribution in [3.8, 4) is 0 Å². The molecule has 0 radical (unpaired) electrons. The third-order valence-electron chi connectivity index (χ3n) is 4.14. The Balaban J connectivity index is 2.37. The van der Waals surface area contributed by atoms with Crippen LogP contribution in [-0.4, -0.2) is 28.6 Å². The number of anilines is 1. The largest absolute Gasteiger partial charge is 0.478 e. The van der Waals surface area contributed by atoms with E-state index < -0.39 is 5.97 Å². The third kappa shape index (κ3) is 2.88. The lowest BCUT2D eigenvalue weighted by atomic mass is 9.92. The minimum absolute atomic E-state index is 0.340. The second-order valence-electron chi connectivity index (χ2n) is 5.42. The molecule has 4 nitrogen and oxygen atoms in total. The zero-order chi connectivity index (χ0) is 14.0. The molecule has 0 aromatic carbocycles. The molecular weight excluding hydrogens is 240 g/mol. The lowest BCUT2D eigenvalue weighted by molar-refractivity contribution is 0.0696. The summed E-state index contributed by atoms with van der Waals surface area (Å²) >= 11 is 0. The summed E-state index contributed by atoms with van der Waals surface area (Å²) in [5.74, 6) is 0.556. The highest BCUT2D eigenvalue weighted by atomic mass is 16.4. The van der Waals surface area contributed by atoms with Crippen LogP contribution in [0.2, 0.25) is 0 Å². The van der Waals surface area contributed by atoms with Crippen LogP contribution in [0.3, 0.4) is 0 Å². The highest BCUT2D eigenvalue weighted by molar-refractivity contribution is 5.88. The van der Waals surface area contributed by atoms with Gasteiger partial charge < -0.3 is 10.0 Å². The number of aromatic nitrogens is 1. The van der Waals surface area contributed by atoms with E-state index in [2.05, 4.69) is 23.7 Å². The molecule has 0 aliphatic carbocycles. The summed E-state index contributed by atoms with van der Waals surface area (Å²) in [5, 5.41) is 9.20. The Morgan fingerprint density at radius 2 is 2.21 bits per heavy atom. The monoisotopic (exact) mass is 262 g/mol. The van der Waals surface area contributed by atoms with Crippen molar-refractivity contribution in [2.45, 2.75) is 46.1 Å². The van der Waals surface area contributed by atoms with E-state index in [1.165, 1.54) is 6.42 Å². The van der Waals surface area contributed by atoms with E-state index in [1.54, 1.807) is 12.1 Å². The van der Waals surface area contributed by atoms with Crippen LogP contribution in [0, 0.1) is 5.92 Å². The number of hydrogen-bond donors (Lipinski definition) is 1. The Kier molecular flexibility index (Phi) is 4.08. The lowest BCUT2D eigenvalue weighted by Gasteiger charge is -2.39. The molecule has 1 aliphatic heterocycles. The molecule has 2 heterocycles. The molecule has 2 rings (SSSR count). The van der Waals surface area contributed by atoms with Crippen molar-refractivity contribution in [1.82, 2.24) is 4.98 Å². The van der Waals surface area contributed by atoms with E-state index in [0.29, 0.717) is 17.5 Å². The smallest absolute Gasteiger partial charge is 0.335 e. The summed E-state index contributed by atoms with van der Waals surface area (Å²) in [6.07, 6.45) is 3.13. The Hall–Kier alpha value is -1.58. The van der Waals surface area contributed by atoms with Crippen molar-refractivity contribution in [3.05, 3.63) is 23.4 Å². The van der Waals surface area contributed by atoms with Crippen LogP contribution in [0.25, 0.3) is 0 Å². The Labute approximate surface area is 114 Å². The van der Waals surface area contributed by atoms with Gasteiger partial charge in [0.2, 0.25) is 0 Å². The van der Waals surface area contributed by atoms with Crippen LogP contribution >= 0.6 is 0 Å². The topological polar surface area (TPSA) is 53.4 Å². The van der Waals surface area contributed by atoms with Gasteiger partial charge >= 0.3 is 5.97 Å². The fraction of sp³-hybridized carbons (Fsp3) is 0.600. The minimum Gasteiger partial charge on any atom is -0.478 e. The van der Waals surface area contributed by atoms with Gasteiger partial charge in [-0.25, -0.2) is 9.78 Å². The molecule has 19 heavy (non-hydrogen) atoms. The van der Waals surface area contributed by atoms with E-state index in [0.717, 1.165) is 30.9 Å². The van der Waals surface area contributed by atoms with E-state index in [9.17, 15) is 9.90 Å². The molecule has 0 amide bonds. The normalized spacial score (nSPS) is 23.4. The van der Waals surface area contributed by atoms with Crippen molar-refractivity contribution in [2.24, 2.45) is 5.92 Å². The highest BCUT2D eigenvalue weighted by Gasteiger charge is 2.26. The Morgan fingerprint density at radius 3 is 2.84 bits per heavy atom. The molecule has 1 N–H and O–H groups in total. The van der Waals surface area contributed by atoms with Crippen LogP contribution in [0.4, 0.5) is 5.82 Å². The van der Waals surface area contributed by atoms with Gasteiger partial charge in [0.25, 0.3) is 0 Å². The molecule has 0 saturated carbocycles. The first-order valence-corrected chi connectivity index (χ1v) is 7.03. The quantitative estimate of drug-likeness (QED) is 0.910. The van der Waals surface area contributed by atoms with Crippen LogP contribution in [-0.2, 0) is 6.42 Å². The summed E-state index contributed by atoms with van der Waals surface area (Å²) in [4.78, 5) is 18.1.